The number of benzene rings is 1. The number of furan rings is 1. The predicted octanol–water partition coefficient (Wildman–Crippen LogP) is 4.33. The molecule has 1 N–H and O–H groups in total. The van der Waals surface area contributed by atoms with Crippen LogP contribution in [0.25, 0.3) is 0 Å². The van der Waals surface area contributed by atoms with E-state index in [1.807, 2.05) is 12.1 Å². The molecule has 0 bridgehead atoms. The first-order valence-corrected chi connectivity index (χ1v) is 7.37. The smallest absolute Gasteiger partial charge is 0.123 e. The molecule has 0 radical (unpaired) electrons. The van der Waals surface area contributed by atoms with Gasteiger partial charge < -0.3 is 8.98 Å². The number of nitrogens with zero attached hydrogens (tertiary/aromatic N) is 2. The molecule has 0 saturated carbocycles. The van der Waals surface area contributed by atoms with Crippen LogP contribution in [-0.4, -0.2) is 10.8 Å². The zero-order valence-corrected chi connectivity index (χ0v) is 13.1. The highest BCUT2D eigenvalue weighted by Crippen LogP contribution is 2.16. The van der Waals surface area contributed by atoms with Crippen LogP contribution in [0.5, 0.6) is 0 Å². The van der Waals surface area contributed by atoms with Crippen molar-refractivity contribution in [2.75, 3.05) is 5.43 Å². The Morgan fingerprint density at radius 2 is 2.00 bits per heavy atom. The van der Waals surface area contributed by atoms with Crippen molar-refractivity contribution in [2.24, 2.45) is 5.10 Å². The topological polar surface area (TPSA) is 42.5 Å². The van der Waals surface area contributed by atoms with Gasteiger partial charge in [0.1, 0.15) is 11.6 Å². The highest BCUT2D eigenvalue weighted by atomic mass is 19.1. The molecule has 3 rings (SSSR count). The van der Waals surface area contributed by atoms with Crippen molar-refractivity contribution < 1.29 is 8.81 Å². The van der Waals surface area contributed by atoms with Crippen molar-refractivity contribution in [1.82, 2.24) is 4.57 Å². The van der Waals surface area contributed by atoms with Crippen LogP contribution in [-0.2, 0) is 6.54 Å². The summed E-state index contributed by atoms with van der Waals surface area (Å²) < 4.78 is 20.4. The van der Waals surface area contributed by atoms with Crippen LogP contribution in [0.1, 0.15) is 22.7 Å². The monoisotopic (exact) mass is 311 g/mol. The molecule has 1 aromatic carbocycles. The number of hydrogen-bond donors (Lipinski definition) is 1. The largest absolute Gasteiger partial charge is 0.467 e. The van der Waals surface area contributed by atoms with E-state index in [0.717, 1.165) is 28.4 Å². The fraction of sp³-hybridized carbons (Fsp3) is 0.167. The molecule has 0 saturated heterocycles. The minimum absolute atomic E-state index is 0.263. The second-order valence-corrected chi connectivity index (χ2v) is 5.37. The van der Waals surface area contributed by atoms with Crippen LogP contribution in [0, 0.1) is 19.7 Å². The number of hydrazone groups is 1. The summed E-state index contributed by atoms with van der Waals surface area (Å²) in [4.78, 5) is 0. The van der Waals surface area contributed by atoms with Crippen molar-refractivity contribution in [2.45, 2.75) is 20.4 Å². The van der Waals surface area contributed by atoms with Gasteiger partial charge in [-0.2, -0.15) is 5.10 Å². The minimum atomic E-state index is -0.263. The molecule has 0 aliphatic heterocycles. The second-order valence-electron chi connectivity index (χ2n) is 5.37. The Morgan fingerprint density at radius 1 is 1.22 bits per heavy atom. The van der Waals surface area contributed by atoms with Gasteiger partial charge in [0.25, 0.3) is 0 Å². The lowest BCUT2D eigenvalue weighted by atomic mass is 10.3. The number of aromatic nitrogens is 1. The van der Waals surface area contributed by atoms with Crippen molar-refractivity contribution in [3.05, 3.63) is 77.3 Å². The zero-order chi connectivity index (χ0) is 16.2. The third-order valence-corrected chi connectivity index (χ3v) is 3.75. The maximum Gasteiger partial charge on any atom is 0.123 e. The lowest BCUT2D eigenvalue weighted by molar-refractivity contribution is 0.489. The molecule has 5 heteroatoms. The van der Waals surface area contributed by atoms with Gasteiger partial charge in [-0.05, 0) is 56.3 Å². The van der Waals surface area contributed by atoms with Crippen LogP contribution in [0.4, 0.5) is 10.1 Å². The van der Waals surface area contributed by atoms with E-state index in [1.165, 1.54) is 12.1 Å². The molecule has 2 heterocycles. The molecule has 0 aliphatic rings. The Morgan fingerprint density at radius 3 is 2.70 bits per heavy atom. The van der Waals surface area contributed by atoms with E-state index in [-0.39, 0.29) is 5.82 Å². The van der Waals surface area contributed by atoms with Crippen molar-refractivity contribution >= 4 is 11.9 Å². The quantitative estimate of drug-likeness (QED) is 0.563. The average Bonchev–Trinajstić information content (AvgIpc) is 3.14. The Labute approximate surface area is 134 Å². The summed E-state index contributed by atoms with van der Waals surface area (Å²) in [5.74, 6) is 0.653. The van der Waals surface area contributed by atoms with Gasteiger partial charge >= 0.3 is 0 Å². The molecule has 23 heavy (non-hydrogen) atoms. The Balaban J connectivity index is 1.73. The first kappa shape index (κ1) is 15.1. The van der Waals surface area contributed by atoms with Crippen molar-refractivity contribution in [3.8, 4) is 0 Å². The third kappa shape index (κ3) is 3.51. The van der Waals surface area contributed by atoms with E-state index in [4.69, 9.17) is 4.42 Å². The molecular weight excluding hydrogens is 293 g/mol. The van der Waals surface area contributed by atoms with E-state index in [0.29, 0.717) is 6.54 Å². The SMILES string of the molecule is Cc1cc(/C=N\Nc2ccc(F)cc2)c(C)n1Cc1ccco1. The maximum absolute atomic E-state index is 12.9. The number of anilines is 1. The van der Waals surface area contributed by atoms with Gasteiger partial charge in [-0.25, -0.2) is 4.39 Å². The molecular formula is C18H18FN3O. The number of halogens is 1. The summed E-state index contributed by atoms with van der Waals surface area (Å²) in [5, 5.41) is 4.22. The first-order chi connectivity index (χ1) is 11.1. The van der Waals surface area contributed by atoms with Crippen LogP contribution < -0.4 is 5.43 Å². The van der Waals surface area contributed by atoms with E-state index in [9.17, 15) is 4.39 Å². The summed E-state index contributed by atoms with van der Waals surface area (Å²) in [6.07, 6.45) is 3.45. The fourth-order valence-corrected chi connectivity index (χ4v) is 2.46. The number of nitrogens with one attached hydrogen (secondary N) is 1. The van der Waals surface area contributed by atoms with E-state index in [1.54, 1.807) is 24.6 Å². The Hall–Kier alpha value is -2.82. The maximum atomic E-state index is 12.9. The van der Waals surface area contributed by atoms with E-state index >= 15 is 0 Å². The number of hydrogen-bond acceptors (Lipinski definition) is 3. The second kappa shape index (κ2) is 6.52. The molecule has 118 valence electrons. The highest BCUT2D eigenvalue weighted by Gasteiger charge is 2.09. The van der Waals surface area contributed by atoms with Crippen LogP contribution in [0.15, 0.2) is 58.2 Å². The fourth-order valence-electron chi connectivity index (χ4n) is 2.46. The minimum Gasteiger partial charge on any atom is -0.467 e. The van der Waals surface area contributed by atoms with Crippen molar-refractivity contribution in [3.63, 3.8) is 0 Å². The zero-order valence-electron chi connectivity index (χ0n) is 13.1. The molecule has 0 amide bonds. The van der Waals surface area contributed by atoms with Crippen LogP contribution in [0.2, 0.25) is 0 Å². The van der Waals surface area contributed by atoms with Gasteiger partial charge in [-0.3, -0.25) is 5.43 Å². The normalized spacial score (nSPS) is 11.3. The van der Waals surface area contributed by atoms with E-state index in [2.05, 4.69) is 35.0 Å². The highest BCUT2D eigenvalue weighted by molar-refractivity contribution is 5.82. The average molecular weight is 311 g/mol. The summed E-state index contributed by atoms with van der Waals surface area (Å²) in [6.45, 7) is 4.81. The molecule has 0 aliphatic carbocycles. The summed E-state index contributed by atoms with van der Waals surface area (Å²) in [7, 11) is 0. The Bertz CT molecular complexity index is 802. The lowest BCUT2D eigenvalue weighted by Gasteiger charge is -2.07. The molecule has 4 nitrogen and oxygen atoms in total. The van der Waals surface area contributed by atoms with Gasteiger partial charge in [-0.15, -0.1) is 0 Å². The van der Waals surface area contributed by atoms with Gasteiger partial charge in [0.15, 0.2) is 0 Å². The number of aryl methyl sites for hydroxylation is 1. The van der Waals surface area contributed by atoms with Gasteiger partial charge in [0.05, 0.1) is 24.7 Å². The van der Waals surface area contributed by atoms with Gasteiger partial charge in [0.2, 0.25) is 0 Å². The predicted molar refractivity (Wildman–Crippen MR) is 89.3 cm³/mol. The van der Waals surface area contributed by atoms with Crippen molar-refractivity contribution in [1.29, 1.82) is 0 Å². The summed E-state index contributed by atoms with van der Waals surface area (Å²) in [5.41, 5.74) is 6.93. The summed E-state index contributed by atoms with van der Waals surface area (Å²) >= 11 is 0. The lowest BCUT2D eigenvalue weighted by Crippen LogP contribution is -2.03. The van der Waals surface area contributed by atoms with Crippen LogP contribution >= 0.6 is 0 Å². The molecule has 0 spiro atoms. The van der Waals surface area contributed by atoms with Gasteiger partial charge in [0, 0.05) is 17.0 Å². The van der Waals surface area contributed by atoms with Gasteiger partial charge in [-0.1, -0.05) is 0 Å². The van der Waals surface area contributed by atoms with E-state index < -0.39 is 0 Å². The molecule has 0 fully saturated rings. The third-order valence-electron chi connectivity index (χ3n) is 3.75. The first-order valence-electron chi connectivity index (χ1n) is 7.37. The standard InChI is InChI=1S/C18H18FN3O/c1-13-10-15(11-20-21-17-7-5-16(19)6-8-17)14(2)22(13)12-18-4-3-9-23-18/h3-11,21H,12H2,1-2H3/b20-11-. The Kier molecular flexibility index (Phi) is 4.28. The molecule has 3 aromatic rings. The molecule has 0 unspecified atom stereocenters. The summed E-state index contributed by atoms with van der Waals surface area (Å²) in [6, 6.07) is 12.0. The number of rotatable bonds is 5. The molecule has 2 aromatic heterocycles. The molecule has 0 atom stereocenters. The van der Waals surface area contributed by atoms with Crippen LogP contribution in [0.3, 0.4) is 0 Å².